The molecular formula is C14H18O2. The molecule has 1 aliphatic carbocycles. The summed E-state index contributed by atoms with van der Waals surface area (Å²) in [4.78, 5) is 11.6. The number of ether oxygens (including phenoxy) is 1. The molecule has 0 amide bonds. The van der Waals surface area contributed by atoms with E-state index in [2.05, 4.69) is 0 Å². The third-order valence-corrected chi connectivity index (χ3v) is 3.24. The molecule has 1 fully saturated rings. The van der Waals surface area contributed by atoms with Crippen molar-refractivity contribution >= 4 is 5.97 Å². The maximum absolute atomic E-state index is 11.6. The normalized spacial score (nSPS) is 16.2. The number of carbonyl (C=O) groups excluding carboxylic acids is 1. The topological polar surface area (TPSA) is 26.3 Å². The summed E-state index contributed by atoms with van der Waals surface area (Å²) in [6.45, 7) is 0.568. The van der Waals surface area contributed by atoms with Gasteiger partial charge in [0.1, 0.15) is 0 Å². The van der Waals surface area contributed by atoms with Gasteiger partial charge in [0.25, 0.3) is 0 Å². The van der Waals surface area contributed by atoms with E-state index in [4.69, 9.17) is 4.74 Å². The maximum Gasteiger partial charge on any atom is 0.338 e. The zero-order valence-corrected chi connectivity index (χ0v) is 9.52. The van der Waals surface area contributed by atoms with E-state index in [1.165, 1.54) is 25.7 Å². The van der Waals surface area contributed by atoms with Crippen molar-refractivity contribution in [1.82, 2.24) is 0 Å². The summed E-state index contributed by atoms with van der Waals surface area (Å²) in [5, 5.41) is 0. The van der Waals surface area contributed by atoms with Crippen LogP contribution >= 0.6 is 0 Å². The number of carbonyl (C=O) groups is 1. The first-order valence-electron chi connectivity index (χ1n) is 6.08. The van der Waals surface area contributed by atoms with E-state index >= 15 is 0 Å². The van der Waals surface area contributed by atoms with E-state index in [1.54, 1.807) is 12.1 Å². The van der Waals surface area contributed by atoms with Crippen molar-refractivity contribution in [3.8, 4) is 0 Å². The van der Waals surface area contributed by atoms with Crippen molar-refractivity contribution in [2.24, 2.45) is 5.92 Å². The molecule has 0 unspecified atom stereocenters. The smallest absolute Gasteiger partial charge is 0.338 e. The molecule has 0 heterocycles. The Kier molecular flexibility index (Phi) is 3.97. The van der Waals surface area contributed by atoms with Gasteiger partial charge in [-0.2, -0.15) is 0 Å². The van der Waals surface area contributed by atoms with E-state index in [1.807, 2.05) is 18.2 Å². The fourth-order valence-corrected chi connectivity index (χ4v) is 2.27. The zero-order valence-electron chi connectivity index (χ0n) is 9.52. The highest BCUT2D eigenvalue weighted by atomic mass is 16.5. The molecule has 16 heavy (non-hydrogen) atoms. The van der Waals surface area contributed by atoms with Gasteiger partial charge in [0.15, 0.2) is 0 Å². The molecule has 0 saturated heterocycles. The van der Waals surface area contributed by atoms with Crippen LogP contribution in [0.15, 0.2) is 30.3 Å². The Balaban J connectivity index is 1.71. The third-order valence-electron chi connectivity index (χ3n) is 3.24. The van der Waals surface area contributed by atoms with Crippen LogP contribution in [0.1, 0.15) is 42.5 Å². The lowest BCUT2D eigenvalue weighted by Gasteiger charge is -2.09. The summed E-state index contributed by atoms with van der Waals surface area (Å²) in [6.07, 6.45) is 6.33. The predicted molar refractivity (Wildman–Crippen MR) is 63.3 cm³/mol. The van der Waals surface area contributed by atoms with E-state index in [-0.39, 0.29) is 5.97 Å². The highest BCUT2D eigenvalue weighted by Crippen LogP contribution is 2.27. The van der Waals surface area contributed by atoms with E-state index in [0.29, 0.717) is 12.2 Å². The average molecular weight is 218 g/mol. The van der Waals surface area contributed by atoms with Gasteiger partial charge >= 0.3 is 5.97 Å². The van der Waals surface area contributed by atoms with Crippen LogP contribution in [-0.4, -0.2) is 12.6 Å². The van der Waals surface area contributed by atoms with Gasteiger partial charge in [0, 0.05) is 0 Å². The molecule has 0 atom stereocenters. The van der Waals surface area contributed by atoms with Crippen LogP contribution < -0.4 is 0 Å². The van der Waals surface area contributed by atoms with Crippen LogP contribution in [0.4, 0.5) is 0 Å². The van der Waals surface area contributed by atoms with Gasteiger partial charge in [0.05, 0.1) is 12.2 Å². The number of hydrogen-bond donors (Lipinski definition) is 0. The van der Waals surface area contributed by atoms with Crippen LogP contribution in [0.3, 0.4) is 0 Å². The Bertz CT molecular complexity index is 326. The second-order valence-corrected chi connectivity index (χ2v) is 4.44. The van der Waals surface area contributed by atoms with Crippen molar-refractivity contribution in [3.63, 3.8) is 0 Å². The van der Waals surface area contributed by atoms with Crippen LogP contribution in [0, 0.1) is 5.92 Å². The Morgan fingerprint density at radius 1 is 1.19 bits per heavy atom. The molecule has 0 radical (unpaired) electrons. The van der Waals surface area contributed by atoms with E-state index in [9.17, 15) is 4.79 Å². The first kappa shape index (κ1) is 11.2. The Morgan fingerprint density at radius 3 is 2.56 bits per heavy atom. The Labute approximate surface area is 96.6 Å². The van der Waals surface area contributed by atoms with Gasteiger partial charge in [-0.05, 0) is 24.5 Å². The van der Waals surface area contributed by atoms with Crippen molar-refractivity contribution in [2.45, 2.75) is 32.1 Å². The van der Waals surface area contributed by atoms with Gasteiger partial charge in [0.2, 0.25) is 0 Å². The average Bonchev–Trinajstić information content (AvgIpc) is 2.83. The van der Waals surface area contributed by atoms with Gasteiger partial charge in [-0.25, -0.2) is 4.79 Å². The summed E-state index contributed by atoms with van der Waals surface area (Å²) in [5.74, 6) is 0.585. The minimum absolute atomic E-state index is 0.196. The summed E-state index contributed by atoms with van der Waals surface area (Å²) >= 11 is 0. The van der Waals surface area contributed by atoms with Crippen LogP contribution in [-0.2, 0) is 4.74 Å². The standard InChI is InChI=1S/C14H18O2/c15-14(13-8-2-1-3-9-13)16-11-10-12-6-4-5-7-12/h1-3,8-9,12H,4-7,10-11H2. The molecule has 0 bridgehead atoms. The van der Waals surface area contributed by atoms with Crippen LogP contribution in [0.2, 0.25) is 0 Å². The quantitative estimate of drug-likeness (QED) is 0.724. The predicted octanol–water partition coefficient (Wildman–Crippen LogP) is 3.42. The lowest BCUT2D eigenvalue weighted by Crippen LogP contribution is -2.08. The minimum Gasteiger partial charge on any atom is -0.462 e. The number of esters is 1. The minimum atomic E-state index is -0.196. The van der Waals surface area contributed by atoms with Gasteiger partial charge in [-0.1, -0.05) is 43.9 Å². The maximum atomic E-state index is 11.6. The van der Waals surface area contributed by atoms with Crippen molar-refractivity contribution in [1.29, 1.82) is 0 Å². The van der Waals surface area contributed by atoms with Gasteiger partial charge < -0.3 is 4.74 Å². The molecule has 2 nitrogen and oxygen atoms in total. The van der Waals surface area contributed by atoms with Crippen molar-refractivity contribution < 1.29 is 9.53 Å². The van der Waals surface area contributed by atoms with Crippen LogP contribution in [0.5, 0.6) is 0 Å². The highest BCUT2D eigenvalue weighted by Gasteiger charge is 2.15. The molecule has 0 spiro atoms. The molecule has 86 valence electrons. The molecule has 1 saturated carbocycles. The molecular weight excluding hydrogens is 200 g/mol. The molecule has 0 aromatic heterocycles. The van der Waals surface area contributed by atoms with Crippen molar-refractivity contribution in [2.75, 3.05) is 6.61 Å². The third kappa shape index (κ3) is 3.09. The molecule has 0 N–H and O–H groups in total. The molecule has 1 aliphatic rings. The molecule has 1 aromatic carbocycles. The Hall–Kier alpha value is -1.31. The summed E-state index contributed by atoms with van der Waals surface area (Å²) < 4.78 is 5.25. The highest BCUT2D eigenvalue weighted by molar-refractivity contribution is 5.89. The second kappa shape index (κ2) is 5.69. The lowest BCUT2D eigenvalue weighted by molar-refractivity contribution is 0.0483. The zero-order chi connectivity index (χ0) is 11.2. The first-order valence-corrected chi connectivity index (χ1v) is 6.08. The van der Waals surface area contributed by atoms with Crippen molar-refractivity contribution in [3.05, 3.63) is 35.9 Å². The Morgan fingerprint density at radius 2 is 1.88 bits per heavy atom. The summed E-state index contributed by atoms with van der Waals surface area (Å²) in [6, 6.07) is 9.19. The number of hydrogen-bond acceptors (Lipinski definition) is 2. The number of rotatable bonds is 4. The number of benzene rings is 1. The molecule has 2 heteroatoms. The van der Waals surface area contributed by atoms with Gasteiger partial charge in [-0.15, -0.1) is 0 Å². The largest absolute Gasteiger partial charge is 0.462 e. The first-order chi connectivity index (χ1) is 7.86. The van der Waals surface area contributed by atoms with E-state index in [0.717, 1.165) is 12.3 Å². The summed E-state index contributed by atoms with van der Waals surface area (Å²) in [7, 11) is 0. The van der Waals surface area contributed by atoms with Crippen LogP contribution in [0.25, 0.3) is 0 Å². The second-order valence-electron chi connectivity index (χ2n) is 4.44. The summed E-state index contributed by atoms with van der Waals surface area (Å²) in [5.41, 5.74) is 0.647. The SMILES string of the molecule is O=C(OCCC1CCCC1)c1ccccc1. The van der Waals surface area contributed by atoms with E-state index < -0.39 is 0 Å². The van der Waals surface area contributed by atoms with Gasteiger partial charge in [-0.3, -0.25) is 0 Å². The fraction of sp³-hybridized carbons (Fsp3) is 0.500. The molecule has 0 aliphatic heterocycles. The lowest BCUT2D eigenvalue weighted by atomic mass is 10.1. The monoisotopic (exact) mass is 218 g/mol. The fourth-order valence-electron chi connectivity index (χ4n) is 2.27. The molecule has 1 aromatic rings. The molecule has 2 rings (SSSR count).